The zero-order chi connectivity index (χ0) is 35.4. The van der Waals surface area contributed by atoms with E-state index in [-0.39, 0.29) is 59.7 Å². The van der Waals surface area contributed by atoms with E-state index in [4.69, 9.17) is 4.74 Å². The van der Waals surface area contributed by atoms with Gasteiger partial charge in [-0.25, -0.2) is 19.7 Å². The van der Waals surface area contributed by atoms with Gasteiger partial charge in [0.25, 0.3) is 11.5 Å². The zero-order valence-electron chi connectivity index (χ0n) is 28.8. The van der Waals surface area contributed by atoms with E-state index in [9.17, 15) is 24.3 Å². The number of anilines is 1. The number of nitrogens with one attached hydrogen (secondary N) is 1. The number of piperazine rings is 1. The van der Waals surface area contributed by atoms with Crippen LogP contribution in [0.1, 0.15) is 73.7 Å². The first-order valence-corrected chi connectivity index (χ1v) is 17.7. The molecule has 6 aliphatic rings. The van der Waals surface area contributed by atoms with E-state index in [1.165, 1.54) is 32.5 Å². The van der Waals surface area contributed by atoms with Crippen LogP contribution in [0.4, 0.5) is 5.69 Å². The van der Waals surface area contributed by atoms with Crippen LogP contribution in [0.15, 0.2) is 34.2 Å². The van der Waals surface area contributed by atoms with Crippen LogP contribution >= 0.6 is 0 Å². The largest absolute Gasteiger partial charge is 0.504 e. The standard InChI is InChI=1S/C35H40N10O6/c1-4-22-28(41-11-12-42(24-8-7-23(24)41)30(48)27-29(47)19(2)37-18-38-27)31(49)44-32(40-45(33(44)50)21-9-10-36-26(13-21)51-3)43(22)14-25(46)39-35-15-34(16-35,17-35)20-5-6-20/h9-10,13,18,20,23-24,47H,4-8,11-12,14-17H2,1-3H3,(H,39,46)/t23-,24-,34?,35?/m0/s1. The molecule has 2 amide bonds. The second-order valence-electron chi connectivity index (χ2n) is 15.0. The Hall–Kier alpha value is -5.28. The summed E-state index contributed by atoms with van der Waals surface area (Å²) in [6.07, 6.45) is 10.2. The first-order chi connectivity index (χ1) is 24.6. The van der Waals surface area contributed by atoms with Crippen LogP contribution in [0.5, 0.6) is 11.6 Å². The van der Waals surface area contributed by atoms with E-state index in [2.05, 4.69) is 25.4 Å². The van der Waals surface area contributed by atoms with Gasteiger partial charge >= 0.3 is 5.69 Å². The van der Waals surface area contributed by atoms with Crippen molar-refractivity contribution < 1.29 is 19.4 Å². The highest BCUT2D eigenvalue weighted by molar-refractivity contribution is 5.95. The maximum Gasteiger partial charge on any atom is 0.359 e. The molecule has 1 aliphatic heterocycles. The Bertz CT molecular complexity index is 2240. The number of methoxy groups -OCH3 is 1. The summed E-state index contributed by atoms with van der Waals surface area (Å²) in [7, 11) is 1.47. The molecule has 5 aliphatic carbocycles. The number of hydrogen-bond donors (Lipinski definition) is 2. The van der Waals surface area contributed by atoms with Gasteiger partial charge in [0.05, 0.1) is 30.2 Å². The lowest BCUT2D eigenvalue weighted by Crippen LogP contribution is -2.75. The Morgan fingerprint density at radius 2 is 1.82 bits per heavy atom. The number of amides is 2. The topological polar surface area (TPSA) is 182 Å². The Kier molecular flexibility index (Phi) is 6.90. The minimum absolute atomic E-state index is 0.0518. The van der Waals surface area contributed by atoms with Crippen LogP contribution in [0.2, 0.25) is 0 Å². The average molecular weight is 697 g/mol. The molecule has 16 heteroatoms. The number of hydrogen-bond acceptors (Lipinski definition) is 11. The number of ether oxygens (including phenoxy) is 1. The van der Waals surface area contributed by atoms with Crippen molar-refractivity contribution in [2.75, 3.05) is 25.1 Å². The number of aromatic hydroxyl groups is 1. The van der Waals surface area contributed by atoms with Crippen molar-refractivity contribution in [2.24, 2.45) is 11.3 Å². The van der Waals surface area contributed by atoms with Crippen LogP contribution in [0, 0.1) is 18.3 Å². The van der Waals surface area contributed by atoms with Crippen LogP contribution in [-0.2, 0) is 17.8 Å². The Labute approximate surface area is 292 Å². The molecular weight excluding hydrogens is 656 g/mol. The summed E-state index contributed by atoms with van der Waals surface area (Å²) in [5, 5.41) is 18.5. The number of carbonyl (C=O) groups is 2. The van der Waals surface area contributed by atoms with Gasteiger partial charge in [0.2, 0.25) is 17.6 Å². The van der Waals surface area contributed by atoms with Crippen molar-refractivity contribution in [3.05, 3.63) is 62.6 Å². The monoisotopic (exact) mass is 696 g/mol. The highest BCUT2D eigenvalue weighted by atomic mass is 16.5. The fourth-order valence-corrected chi connectivity index (χ4v) is 9.45. The third-order valence-electron chi connectivity index (χ3n) is 12.1. The summed E-state index contributed by atoms with van der Waals surface area (Å²) in [5.41, 5.74) is 0.567. The average Bonchev–Trinajstić information content (AvgIpc) is 3.86. The molecule has 0 aromatic carbocycles. The van der Waals surface area contributed by atoms with Crippen molar-refractivity contribution in [1.29, 1.82) is 0 Å². The van der Waals surface area contributed by atoms with Gasteiger partial charge in [-0.3, -0.25) is 14.4 Å². The Morgan fingerprint density at radius 3 is 2.51 bits per heavy atom. The summed E-state index contributed by atoms with van der Waals surface area (Å²) in [4.78, 5) is 72.1. The van der Waals surface area contributed by atoms with Crippen molar-refractivity contribution >= 4 is 23.3 Å². The summed E-state index contributed by atoms with van der Waals surface area (Å²) < 4.78 is 9.16. The minimum Gasteiger partial charge on any atom is -0.504 e. The SMILES string of the molecule is CCc1c(N2CCN(C(=O)c3ncnc(C)c3O)[C@H]3CC[C@@H]32)c(=O)n2c(=O)n(-c3ccnc(OC)c3)nc2n1CC(=O)NC12CC(C3CC3)(C1)C2. The van der Waals surface area contributed by atoms with E-state index >= 15 is 0 Å². The molecule has 16 nitrogen and oxygen atoms in total. The molecule has 0 spiro atoms. The number of aromatic nitrogens is 7. The van der Waals surface area contributed by atoms with Gasteiger partial charge in [-0.2, -0.15) is 9.08 Å². The molecule has 5 heterocycles. The lowest BCUT2D eigenvalue weighted by molar-refractivity contribution is -0.176. The van der Waals surface area contributed by atoms with E-state index in [0.29, 0.717) is 54.0 Å². The number of carbonyl (C=O) groups excluding carboxylic acids is 2. The van der Waals surface area contributed by atoms with Gasteiger partial charge in [0, 0.05) is 36.9 Å². The molecule has 0 unspecified atom stereocenters. The van der Waals surface area contributed by atoms with Crippen LogP contribution in [0.25, 0.3) is 11.5 Å². The second-order valence-corrected chi connectivity index (χ2v) is 15.0. The third-order valence-corrected chi connectivity index (χ3v) is 12.1. The van der Waals surface area contributed by atoms with Gasteiger partial charge in [-0.1, -0.05) is 6.92 Å². The molecule has 2 N–H and O–H groups in total. The number of rotatable bonds is 9. The van der Waals surface area contributed by atoms with E-state index < -0.39 is 17.2 Å². The van der Waals surface area contributed by atoms with E-state index in [0.717, 1.165) is 34.3 Å². The number of pyridine rings is 1. The first-order valence-electron chi connectivity index (χ1n) is 17.7. The predicted molar refractivity (Wildman–Crippen MR) is 182 cm³/mol. The third kappa shape index (κ3) is 4.63. The lowest BCUT2D eigenvalue weighted by atomic mass is 9.37. The highest BCUT2D eigenvalue weighted by Crippen LogP contribution is 2.75. The van der Waals surface area contributed by atoms with Crippen molar-refractivity contribution in [3.8, 4) is 17.3 Å². The lowest BCUT2D eigenvalue weighted by Gasteiger charge is -2.71. The smallest absolute Gasteiger partial charge is 0.359 e. The van der Waals surface area contributed by atoms with Crippen molar-refractivity contribution in [3.63, 3.8) is 0 Å². The predicted octanol–water partition coefficient (Wildman–Crippen LogP) is 1.36. The van der Waals surface area contributed by atoms with Gasteiger partial charge in [-0.15, -0.1) is 5.10 Å². The van der Waals surface area contributed by atoms with Gasteiger partial charge in [0.1, 0.15) is 18.6 Å². The molecule has 4 aromatic rings. The number of fused-ring (bicyclic) bond motifs is 2. The normalized spacial score (nSPS) is 26.2. The zero-order valence-corrected chi connectivity index (χ0v) is 28.8. The van der Waals surface area contributed by atoms with E-state index in [1.54, 1.807) is 28.5 Å². The molecule has 4 aromatic heterocycles. The Morgan fingerprint density at radius 1 is 1.06 bits per heavy atom. The number of aryl methyl sites for hydroxylation is 1. The summed E-state index contributed by atoms with van der Waals surface area (Å²) in [5.74, 6) is 0.318. The maximum absolute atomic E-state index is 14.6. The maximum atomic E-state index is 14.6. The molecule has 10 rings (SSSR count). The van der Waals surface area contributed by atoms with Gasteiger partial charge in [0.15, 0.2) is 11.4 Å². The molecule has 51 heavy (non-hydrogen) atoms. The summed E-state index contributed by atoms with van der Waals surface area (Å²) >= 11 is 0. The van der Waals surface area contributed by atoms with Crippen LogP contribution < -0.4 is 26.2 Å². The molecule has 6 fully saturated rings. The van der Waals surface area contributed by atoms with Gasteiger partial charge in [-0.05, 0) is 75.7 Å². The summed E-state index contributed by atoms with van der Waals surface area (Å²) in [6.45, 7) is 3.98. The molecule has 2 bridgehead atoms. The fourth-order valence-electron chi connectivity index (χ4n) is 9.45. The number of nitrogens with zero attached hydrogens (tertiary/aromatic N) is 9. The van der Waals surface area contributed by atoms with Crippen molar-refractivity contribution in [1.82, 2.24) is 43.9 Å². The summed E-state index contributed by atoms with van der Waals surface area (Å²) in [6, 6.07) is 2.69. The molecule has 1 saturated heterocycles. The van der Waals surface area contributed by atoms with Crippen LogP contribution in [0.3, 0.4) is 0 Å². The van der Waals surface area contributed by atoms with Gasteiger partial charge < -0.3 is 29.5 Å². The molecule has 2 atom stereocenters. The second kappa shape index (κ2) is 11.1. The highest BCUT2D eigenvalue weighted by Gasteiger charge is 2.72. The molecular formula is C35H40N10O6. The quantitative estimate of drug-likeness (QED) is 0.258. The Balaban J connectivity index is 1.11. The molecule has 266 valence electrons. The van der Waals surface area contributed by atoms with E-state index in [1.807, 2.05) is 11.8 Å². The molecule has 5 saturated carbocycles. The van der Waals surface area contributed by atoms with Crippen molar-refractivity contribution in [2.45, 2.75) is 89.4 Å². The van der Waals surface area contributed by atoms with Crippen LogP contribution in [-0.4, -0.2) is 93.3 Å². The minimum atomic E-state index is -0.680. The fraction of sp³-hybridized carbons (Fsp3) is 0.543. The first kappa shape index (κ1) is 31.7. The molecule has 0 radical (unpaired) electrons.